The molecule has 2 aromatic carbocycles. The van der Waals surface area contributed by atoms with Gasteiger partial charge in [-0.3, -0.25) is 4.79 Å². The van der Waals surface area contributed by atoms with E-state index in [1.165, 1.54) is 26.2 Å². The Hall–Kier alpha value is -2.58. The summed E-state index contributed by atoms with van der Waals surface area (Å²) in [5.74, 6) is 0.581. The molecule has 0 aliphatic heterocycles. The van der Waals surface area contributed by atoms with Crippen molar-refractivity contribution in [2.24, 2.45) is 0 Å². The van der Waals surface area contributed by atoms with Crippen molar-refractivity contribution in [1.29, 1.82) is 0 Å². The van der Waals surface area contributed by atoms with Crippen LogP contribution in [0.1, 0.15) is 19.4 Å². The molecule has 2 N–H and O–H groups in total. The largest absolute Gasteiger partial charge is 0.495 e. The summed E-state index contributed by atoms with van der Waals surface area (Å²) >= 11 is 0. The predicted molar refractivity (Wildman–Crippen MR) is 104 cm³/mol. The van der Waals surface area contributed by atoms with Crippen LogP contribution in [0.3, 0.4) is 0 Å². The molecule has 0 bridgehead atoms. The molecule has 8 heteroatoms. The third-order valence-corrected chi connectivity index (χ3v) is 5.34. The quantitative estimate of drug-likeness (QED) is 0.720. The highest BCUT2D eigenvalue weighted by Gasteiger charge is 2.23. The molecule has 0 fully saturated rings. The number of nitrogens with one attached hydrogen (secondary N) is 2. The highest BCUT2D eigenvalue weighted by Crippen LogP contribution is 2.25. The van der Waals surface area contributed by atoms with E-state index in [-0.39, 0.29) is 4.90 Å². The minimum absolute atomic E-state index is 0.0544. The van der Waals surface area contributed by atoms with Crippen molar-refractivity contribution in [2.45, 2.75) is 31.7 Å². The molecule has 0 radical (unpaired) electrons. The number of carbonyl (C=O) groups excluding carboxylic acids is 1. The van der Waals surface area contributed by atoms with Crippen LogP contribution in [0.5, 0.6) is 11.5 Å². The second kappa shape index (κ2) is 8.88. The first kappa shape index (κ1) is 20.7. The van der Waals surface area contributed by atoms with Gasteiger partial charge in [-0.25, -0.2) is 8.42 Å². The Balaban J connectivity index is 2.09. The van der Waals surface area contributed by atoms with Crippen molar-refractivity contribution in [2.75, 3.05) is 19.0 Å². The molecule has 0 heterocycles. The van der Waals surface area contributed by atoms with Crippen LogP contribution in [0.2, 0.25) is 0 Å². The van der Waals surface area contributed by atoms with E-state index in [1.807, 2.05) is 19.9 Å². The first-order chi connectivity index (χ1) is 12.8. The van der Waals surface area contributed by atoms with Crippen LogP contribution >= 0.6 is 0 Å². The highest BCUT2D eigenvalue weighted by atomic mass is 32.2. The molecule has 2 aromatic rings. The third kappa shape index (κ3) is 5.45. The van der Waals surface area contributed by atoms with Crippen LogP contribution in [-0.4, -0.2) is 34.1 Å². The van der Waals surface area contributed by atoms with Gasteiger partial charge in [0.1, 0.15) is 11.5 Å². The van der Waals surface area contributed by atoms with Gasteiger partial charge in [0.2, 0.25) is 15.9 Å². The molecule has 0 aromatic heterocycles. The summed E-state index contributed by atoms with van der Waals surface area (Å²) < 4.78 is 37.9. The molecule has 146 valence electrons. The SMILES string of the molecule is CCOc1ccc(S(=O)(=O)N[C@H](C)C(=O)Nc2cc(C)ccc2OC)cc1. The molecule has 2 rings (SSSR count). The number of rotatable bonds is 8. The molecule has 1 amide bonds. The van der Waals surface area contributed by atoms with Gasteiger partial charge in [0.25, 0.3) is 0 Å². The fraction of sp³-hybridized carbons (Fsp3) is 0.316. The van der Waals surface area contributed by atoms with E-state index in [0.717, 1.165) is 5.56 Å². The summed E-state index contributed by atoms with van der Waals surface area (Å²) in [7, 11) is -2.35. The monoisotopic (exact) mass is 392 g/mol. The zero-order valence-electron chi connectivity index (χ0n) is 15.8. The topological polar surface area (TPSA) is 93.7 Å². The zero-order valence-corrected chi connectivity index (χ0v) is 16.6. The van der Waals surface area contributed by atoms with Crippen molar-refractivity contribution in [1.82, 2.24) is 4.72 Å². The molecule has 0 saturated carbocycles. The zero-order chi connectivity index (χ0) is 20.0. The lowest BCUT2D eigenvalue weighted by atomic mass is 10.2. The number of carbonyl (C=O) groups is 1. The average Bonchev–Trinajstić information content (AvgIpc) is 2.62. The Kier molecular flexibility index (Phi) is 6.81. The summed E-state index contributed by atoms with van der Waals surface area (Å²) in [5, 5.41) is 2.69. The van der Waals surface area contributed by atoms with Gasteiger partial charge in [-0.2, -0.15) is 4.72 Å². The molecule has 0 aliphatic rings. The molecular weight excluding hydrogens is 368 g/mol. The second-order valence-corrected chi connectivity index (χ2v) is 7.65. The van der Waals surface area contributed by atoms with E-state index in [1.54, 1.807) is 24.3 Å². The van der Waals surface area contributed by atoms with E-state index < -0.39 is 22.0 Å². The predicted octanol–water partition coefficient (Wildman–Crippen LogP) is 2.71. The first-order valence-corrected chi connectivity index (χ1v) is 9.96. The first-order valence-electron chi connectivity index (χ1n) is 8.47. The van der Waals surface area contributed by atoms with Crippen LogP contribution in [0.15, 0.2) is 47.4 Å². The third-order valence-electron chi connectivity index (χ3n) is 3.78. The number of hydrogen-bond acceptors (Lipinski definition) is 5. The van der Waals surface area contributed by atoms with Crippen LogP contribution in [-0.2, 0) is 14.8 Å². The molecule has 0 saturated heterocycles. The van der Waals surface area contributed by atoms with E-state index in [4.69, 9.17) is 9.47 Å². The fourth-order valence-corrected chi connectivity index (χ4v) is 3.60. The van der Waals surface area contributed by atoms with E-state index in [0.29, 0.717) is 23.8 Å². The van der Waals surface area contributed by atoms with Gasteiger partial charge >= 0.3 is 0 Å². The van der Waals surface area contributed by atoms with Gasteiger partial charge in [0.15, 0.2) is 0 Å². The van der Waals surface area contributed by atoms with Crippen molar-refractivity contribution in [3.63, 3.8) is 0 Å². The standard InChI is InChI=1S/C19H24N2O5S/c1-5-26-15-7-9-16(10-8-15)27(23,24)21-14(3)19(22)20-17-12-13(2)6-11-18(17)25-4/h6-12,14,21H,5H2,1-4H3,(H,20,22)/t14-/m1/s1. The molecule has 27 heavy (non-hydrogen) atoms. The maximum Gasteiger partial charge on any atom is 0.242 e. The van der Waals surface area contributed by atoms with Gasteiger partial charge in [0, 0.05) is 0 Å². The number of sulfonamides is 1. The van der Waals surface area contributed by atoms with Crippen molar-refractivity contribution in [3.05, 3.63) is 48.0 Å². The van der Waals surface area contributed by atoms with Crippen molar-refractivity contribution in [3.8, 4) is 11.5 Å². The molecule has 7 nitrogen and oxygen atoms in total. The lowest BCUT2D eigenvalue weighted by molar-refractivity contribution is -0.117. The molecule has 0 spiro atoms. The summed E-state index contributed by atoms with van der Waals surface area (Å²) in [6.45, 7) is 5.69. The Morgan fingerprint density at radius 3 is 2.41 bits per heavy atom. The summed E-state index contributed by atoms with van der Waals surface area (Å²) in [5.41, 5.74) is 1.42. The molecule has 1 atom stereocenters. The van der Waals surface area contributed by atoms with Crippen molar-refractivity contribution >= 4 is 21.6 Å². The smallest absolute Gasteiger partial charge is 0.242 e. The molecule has 0 unspecified atom stereocenters. The highest BCUT2D eigenvalue weighted by molar-refractivity contribution is 7.89. The van der Waals surface area contributed by atoms with Crippen LogP contribution in [0, 0.1) is 6.92 Å². The number of methoxy groups -OCH3 is 1. The number of benzene rings is 2. The number of amides is 1. The summed E-state index contributed by atoms with van der Waals surface area (Å²) in [6, 6.07) is 10.4. The number of aryl methyl sites for hydroxylation is 1. The number of ether oxygens (including phenoxy) is 2. The maximum atomic E-state index is 12.5. The Bertz CT molecular complexity index is 895. The van der Waals surface area contributed by atoms with E-state index >= 15 is 0 Å². The number of hydrogen-bond donors (Lipinski definition) is 2. The van der Waals surface area contributed by atoms with E-state index in [9.17, 15) is 13.2 Å². The van der Waals surface area contributed by atoms with Gasteiger partial charge in [-0.05, 0) is 62.7 Å². The number of anilines is 1. The molecular formula is C19H24N2O5S. The summed E-state index contributed by atoms with van der Waals surface area (Å²) in [4.78, 5) is 12.5. The Morgan fingerprint density at radius 2 is 1.81 bits per heavy atom. The minimum Gasteiger partial charge on any atom is -0.495 e. The molecule has 0 aliphatic carbocycles. The van der Waals surface area contributed by atoms with Crippen LogP contribution < -0.4 is 19.5 Å². The Morgan fingerprint density at radius 1 is 1.15 bits per heavy atom. The van der Waals surface area contributed by atoms with Crippen molar-refractivity contribution < 1.29 is 22.7 Å². The lowest BCUT2D eigenvalue weighted by Gasteiger charge is -2.16. The Labute approximate surface area is 159 Å². The van der Waals surface area contributed by atoms with E-state index in [2.05, 4.69) is 10.0 Å². The maximum absolute atomic E-state index is 12.5. The fourth-order valence-electron chi connectivity index (χ4n) is 2.40. The lowest BCUT2D eigenvalue weighted by Crippen LogP contribution is -2.41. The van der Waals surface area contributed by atoms with Gasteiger partial charge in [0.05, 0.1) is 30.3 Å². The minimum atomic E-state index is -3.85. The second-order valence-electron chi connectivity index (χ2n) is 5.94. The average molecular weight is 392 g/mol. The van der Waals surface area contributed by atoms with Crippen LogP contribution in [0.25, 0.3) is 0 Å². The van der Waals surface area contributed by atoms with Crippen LogP contribution in [0.4, 0.5) is 5.69 Å². The van der Waals surface area contributed by atoms with Gasteiger partial charge < -0.3 is 14.8 Å². The van der Waals surface area contributed by atoms with Gasteiger partial charge in [-0.15, -0.1) is 0 Å². The normalized spacial score (nSPS) is 12.3. The summed E-state index contributed by atoms with van der Waals surface area (Å²) in [6.07, 6.45) is 0. The van der Waals surface area contributed by atoms with Gasteiger partial charge in [-0.1, -0.05) is 6.07 Å².